The van der Waals surface area contributed by atoms with Crippen LogP contribution in [0.15, 0.2) is 0 Å². The van der Waals surface area contributed by atoms with E-state index in [4.69, 9.17) is 10.00 Å². The smallest absolute Gasteiger partial charge is 0.410 e. The number of ether oxygens (including phenoxy) is 1. The van der Waals surface area contributed by atoms with Crippen molar-refractivity contribution in [3.05, 3.63) is 0 Å². The summed E-state index contributed by atoms with van der Waals surface area (Å²) in [4.78, 5) is 13.6. The number of nitriles is 1. The first-order valence-corrected chi connectivity index (χ1v) is 5.72. The topological polar surface area (TPSA) is 53.3 Å². The molecule has 1 heterocycles. The fraction of sp³-hybridized carbons (Fsp3) is 0.833. The molecule has 1 aliphatic rings. The van der Waals surface area contributed by atoms with Gasteiger partial charge in [0.05, 0.1) is 6.07 Å². The summed E-state index contributed by atoms with van der Waals surface area (Å²) in [5.74, 6) is 0.0775. The zero-order chi connectivity index (χ0) is 12.3. The molecule has 2 atom stereocenters. The highest BCUT2D eigenvalue weighted by molar-refractivity contribution is 5.68. The van der Waals surface area contributed by atoms with Gasteiger partial charge in [0, 0.05) is 18.5 Å². The molecule has 1 fully saturated rings. The molecule has 1 aliphatic heterocycles. The minimum Gasteiger partial charge on any atom is -0.444 e. The number of amides is 1. The number of carbonyl (C=O) groups excluding carboxylic acids is 1. The van der Waals surface area contributed by atoms with Gasteiger partial charge in [0.15, 0.2) is 0 Å². The maximum atomic E-state index is 11.8. The lowest BCUT2D eigenvalue weighted by molar-refractivity contribution is 0.00947. The van der Waals surface area contributed by atoms with Crippen molar-refractivity contribution in [2.24, 2.45) is 5.92 Å². The van der Waals surface area contributed by atoms with E-state index in [1.807, 2.05) is 27.7 Å². The van der Waals surface area contributed by atoms with Gasteiger partial charge >= 0.3 is 6.09 Å². The average Bonchev–Trinajstić information content (AvgIpc) is 2.14. The summed E-state index contributed by atoms with van der Waals surface area (Å²) in [5.41, 5.74) is -0.455. The molecule has 0 bridgehead atoms. The summed E-state index contributed by atoms with van der Waals surface area (Å²) in [5, 5.41) is 8.84. The zero-order valence-electron chi connectivity index (χ0n) is 10.5. The Bertz CT molecular complexity index is 301. The summed E-state index contributed by atoms with van der Waals surface area (Å²) in [7, 11) is 0. The number of piperidine rings is 1. The minimum atomic E-state index is -0.455. The second-order valence-electron chi connectivity index (χ2n) is 5.37. The molecule has 0 saturated carbocycles. The molecule has 16 heavy (non-hydrogen) atoms. The Balaban J connectivity index is 2.56. The Morgan fingerprint density at radius 1 is 1.50 bits per heavy atom. The second-order valence-corrected chi connectivity index (χ2v) is 5.37. The van der Waals surface area contributed by atoms with Gasteiger partial charge in [0.2, 0.25) is 0 Å². The average molecular weight is 224 g/mol. The first-order valence-electron chi connectivity index (χ1n) is 5.72. The van der Waals surface area contributed by atoms with E-state index in [-0.39, 0.29) is 18.1 Å². The molecule has 0 radical (unpaired) electrons. The van der Waals surface area contributed by atoms with Crippen LogP contribution in [0.25, 0.3) is 0 Å². The number of carbonyl (C=O) groups is 1. The van der Waals surface area contributed by atoms with E-state index in [1.54, 1.807) is 4.90 Å². The van der Waals surface area contributed by atoms with Gasteiger partial charge in [0.25, 0.3) is 0 Å². The molecule has 1 amide bonds. The van der Waals surface area contributed by atoms with Gasteiger partial charge < -0.3 is 9.64 Å². The number of hydrogen-bond donors (Lipinski definition) is 0. The number of hydrogen-bond acceptors (Lipinski definition) is 3. The summed E-state index contributed by atoms with van der Waals surface area (Å²) >= 11 is 0. The highest BCUT2D eigenvalue weighted by Crippen LogP contribution is 2.23. The summed E-state index contributed by atoms with van der Waals surface area (Å²) in [6, 6.07) is 2.35. The first kappa shape index (κ1) is 12.8. The lowest BCUT2D eigenvalue weighted by Gasteiger charge is -2.36. The van der Waals surface area contributed by atoms with Crippen LogP contribution in [-0.4, -0.2) is 29.2 Å². The summed E-state index contributed by atoms with van der Waals surface area (Å²) in [6.07, 6.45) is 1.23. The van der Waals surface area contributed by atoms with Crippen LogP contribution in [-0.2, 0) is 4.74 Å². The summed E-state index contributed by atoms with van der Waals surface area (Å²) < 4.78 is 5.32. The van der Waals surface area contributed by atoms with Crippen LogP contribution >= 0.6 is 0 Å². The van der Waals surface area contributed by atoms with E-state index in [0.29, 0.717) is 6.54 Å². The fourth-order valence-electron chi connectivity index (χ4n) is 1.88. The zero-order valence-corrected chi connectivity index (χ0v) is 10.5. The highest BCUT2D eigenvalue weighted by Gasteiger charge is 2.31. The quantitative estimate of drug-likeness (QED) is 0.635. The predicted molar refractivity (Wildman–Crippen MR) is 60.7 cm³/mol. The summed E-state index contributed by atoms with van der Waals surface area (Å²) in [6.45, 7) is 8.16. The van der Waals surface area contributed by atoms with Crippen molar-refractivity contribution >= 4 is 6.09 Å². The largest absolute Gasteiger partial charge is 0.444 e. The first-order chi connectivity index (χ1) is 7.33. The molecule has 4 heteroatoms. The Morgan fingerprint density at radius 2 is 2.12 bits per heavy atom. The predicted octanol–water partition coefficient (Wildman–Crippen LogP) is 2.55. The molecule has 1 unspecified atom stereocenters. The fourth-order valence-corrected chi connectivity index (χ4v) is 1.88. The Morgan fingerprint density at radius 3 is 2.56 bits per heavy atom. The van der Waals surface area contributed by atoms with Crippen LogP contribution in [0, 0.1) is 17.2 Å². The third-order valence-corrected chi connectivity index (χ3v) is 2.69. The SMILES string of the molecule is C[C@H]1CC(C#N)CCN1C(=O)OC(C)(C)C. The third-order valence-electron chi connectivity index (χ3n) is 2.69. The van der Waals surface area contributed by atoms with Crippen molar-refractivity contribution in [2.75, 3.05) is 6.54 Å². The number of nitrogens with zero attached hydrogens (tertiary/aromatic N) is 2. The van der Waals surface area contributed by atoms with E-state index in [9.17, 15) is 4.79 Å². The molecule has 0 aromatic carbocycles. The third kappa shape index (κ3) is 3.41. The molecule has 1 rings (SSSR count). The minimum absolute atomic E-state index is 0.0775. The van der Waals surface area contributed by atoms with E-state index in [0.717, 1.165) is 12.8 Å². The lowest BCUT2D eigenvalue weighted by atomic mass is 9.93. The maximum Gasteiger partial charge on any atom is 0.410 e. The second kappa shape index (κ2) is 4.73. The molecular weight excluding hydrogens is 204 g/mol. The van der Waals surface area contributed by atoms with Gasteiger partial charge in [-0.15, -0.1) is 0 Å². The van der Waals surface area contributed by atoms with Crippen LogP contribution in [0.1, 0.15) is 40.5 Å². The van der Waals surface area contributed by atoms with Gasteiger partial charge in [-0.1, -0.05) is 0 Å². The Kier molecular flexibility index (Phi) is 3.79. The van der Waals surface area contributed by atoms with Crippen LogP contribution in [0.3, 0.4) is 0 Å². The molecule has 90 valence electrons. The Labute approximate surface area is 97.2 Å². The van der Waals surface area contributed by atoms with Crippen molar-refractivity contribution in [3.8, 4) is 6.07 Å². The number of rotatable bonds is 0. The van der Waals surface area contributed by atoms with Gasteiger partial charge in [-0.3, -0.25) is 0 Å². The van der Waals surface area contributed by atoms with E-state index in [2.05, 4.69) is 6.07 Å². The van der Waals surface area contributed by atoms with Gasteiger partial charge in [-0.2, -0.15) is 5.26 Å². The molecular formula is C12H20N2O2. The van der Waals surface area contributed by atoms with Crippen molar-refractivity contribution < 1.29 is 9.53 Å². The van der Waals surface area contributed by atoms with Gasteiger partial charge in [0.1, 0.15) is 5.60 Å². The molecule has 1 saturated heterocycles. The lowest BCUT2D eigenvalue weighted by Crippen LogP contribution is -2.46. The Hall–Kier alpha value is -1.24. The van der Waals surface area contributed by atoms with Crippen LogP contribution in [0.5, 0.6) is 0 Å². The molecule has 0 aromatic heterocycles. The van der Waals surface area contributed by atoms with Crippen LogP contribution < -0.4 is 0 Å². The molecule has 0 N–H and O–H groups in total. The molecule has 0 spiro atoms. The van der Waals surface area contributed by atoms with Crippen LogP contribution in [0.2, 0.25) is 0 Å². The van der Waals surface area contributed by atoms with E-state index < -0.39 is 5.60 Å². The maximum absolute atomic E-state index is 11.8. The highest BCUT2D eigenvalue weighted by atomic mass is 16.6. The van der Waals surface area contributed by atoms with Crippen molar-refractivity contribution in [3.63, 3.8) is 0 Å². The molecule has 0 aromatic rings. The molecule has 4 nitrogen and oxygen atoms in total. The standard InChI is InChI=1S/C12H20N2O2/c1-9-7-10(8-13)5-6-14(9)11(15)16-12(2,3)4/h9-10H,5-7H2,1-4H3/t9-,10?/m0/s1. The van der Waals surface area contributed by atoms with E-state index in [1.165, 1.54) is 0 Å². The van der Waals surface area contributed by atoms with Gasteiger partial charge in [-0.05, 0) is 40.5 Å². The van der Waals surface area contributed by atoms with Gasteiger partial charge in [-0.25, -0.2) is 4.79 Å². The van der Waals surface area contributed by atoms with Crippen molar-refractivity contribution in [1.82, 2.24) is 4.90 Å². The monoisotopic (exact) mass is 224 g/mol. The normalized spacial score (nSPS) is 26.1. The van der Waals surface area contributed by atoms with E-state index >= 15 is 0 Å². The number of likely N-dealkylation sites (tertiary alicyclic amines) is 1. The van der Waals surface area contributed by atoms with Crippen molar-refractivity contribution in [2.45, 2.75) is 52.2 Å². The molecule has 0 aliphatic carbocycles. The van der Waals surface area contributed by atoms with Crippen LogP contribution in [0.4, 0.5) is 4.79 Å². The van der Waals surface area contributed by atoms with Crippen molar-refractivity contribution in [1.29, 1.82) is 5.26 Å².